The zero-order valence-corrected chi connectivity index (χ0v) is 13.1. The lowest BCUT2D eigenvalue weighted by Gasteiger charge is -2.11. The van der Waals surface area contributed by atoms with Crippen molar-refractivity contribution in [3.63, 3.8) is 0 Å². The lowest BCUT2D eigenvalue weighted by atomic mass is 10.2. The van der Waals surface area contributed by atoms with Crippen LogP contribution in [0.5, 0.6) is 5.75 Å². The molecule has 1 atom stereocenters. The van der Waals surface area contributed by atoms with Crippen LogP contribution in [0.4, 0.5) is 0 Å². The number of aliphatic hydroxyl groups is 1. The van der Waals surface area contributed by atoms with Crippen LogP contribution in [0.25, 0.3) is 0 Å². The van der Waals surface area contributed by atoms with Gasteiger partial charge in [0.25, 0.3) is 0 Å². The molecular formula is C13H20BrClNO2+. The monoisotopic (exact) mass is 336 g/mol. The summed E-state index contributed by atoms with van der Waals surface area (Å²) in [6, 6.07) is 3.73. The predicted molar refractivity (Wildman–Crippen MR) is 77.3 cm³/mol. The number of quaternary nitrogens is 1. The Morgan fingerprint density at radius 1 is 1.50 bits per heavy atom. The maximum absolute atomic E-state index is 9.10. The molecule has 1 aromatic rings. The molecular weight excluding hydrogens is 318 g/mol. The number of rotatable bonds is 7. The lowest BCUT2D eigenvalue weighted by Crippen LogP contribution is -2.86. The first-order chi connectivity index (χ1) is 8.50. The number of hydrogen-bond donors (Lipinski definition) is 2. The van der Waals surface area contributed by atoms with Gasteiger partial charge in [0.15, 0.2) is 0 Å². The van der Waals surface area contributed by atoms with E-state index in [2.05, 4.69) is 21.2 Å². The number of aliphatic hydroxyl groups excluding tert-OH is 1. The van der Waals surface area contributed by atoms with E-state index in [0.29, 0.717) is 11.6 Å². The SMILES string of the molecule is Cc1cc(Cl)cc(Br)c1OCCC[NH2+]C[C@H](C)O. The van der Waals surface area contributed by atoms with Crippen molar-refractivity contribution >= 4 is 27.5 Å². The van der Waals surface area contributed by atoms with Crippen molar-refractivity contribution in [1.29, 1.82) is 0 Å². The van der Waals surface area contributed by atoms with Crippen LogP contribution in [-0.4, -0.2) is 30.9 Å². The van der Waals surface area contributed by atoms with Crippen LogP contribution in [0, 0.1) is 6.92 Å². The van der Waals surface area contributed by atoms with E-state index < -0.39 is 0 Å². The summed E-state index contributed by atoms with van der Waals surface area (Å²) in [6.45, 7) is 6.13. The maximum atomic E-state index is 9.10. The van der Waals surface area contributed by atoms with Crippen LogP contribution >= 0.6 is 27.5 Å². The van der Waals surface area contributed by atoms with Gasteiger partial charge >= 0.3 is 0 Å². The van der Waals surface area contributed by atoms with E-state index in [1.165, 1.54) is 0 Å². The van der Waals surface area contributed by atoms with Crippen molar-refractivity contribution < 1.29 is 15.2 Å². The minimum absolute atomic E-state index is 0.251. The molecule has 102 valence electrons. The van der Waals surface area contributed by atoms with Crippen molar-refractivity contribution in [3.8, 4) is 5.75 Å². The highest BCUT2D eigenvalue weighted by atomic mass is 79.9. The second-order valence-corrected chi connectivity index (χ2v) is 5.69. The Morgan fingerprint density at radius 3 is 2.83 bits per heavy atom. The van der Waals surface area contributed by atoms with E-state index in [9.17, 15) is 0 Å². The Hall–Kier alpha value is -0.290. The number of benzene rings is 1. The van der Waals surface area contributed by atoms with E-state index in [1.807, 2.05) is 19.1 Å². The van der Waals surface area contributed by atoms with Crippen molar-refractivity contribution in [2.45, 2.75) is 26.4 Å². The van der Waals surface area contributed by atoms with Crippen LogP contribution in [-0.2, 0) is 0 Å². The van der Waals surface area contributed by atoms with Gasteiger partial charge in [0, 0.05) is 11.4 Å². The first-order valence-electron chi connectivity index (χ1n) is 6.09. The standard InChI is InChI=1S/C13H19BrClNO2/c1-9-6-11(15)7-12(14)13(9)18-5-3-4-16-8-10(2)17/h6-7,10,16-17H,3-5,8H2,1-2H3/p+1/t10-/m0/s1. The van der Waals surface area contributed by atoms with Gasteiger partial charge in [0.05, 0.1) is 23.7 Å². The molecule has 0 bridgehead atoms. The Bertz CT molecular complexity index is 362. The van der Waals surface area contributed by atoms with Crippen LogP contribution in [0.3, 0.4) is 0 Å². The highest BCUT2D eigenvalue weighted by molar-refractivity contribution is 9.10. The number of hydrogen-bond acceptors (Lipinski definition) is 2. The van der Waals surface area contributed by atoms with E-state index in [4.69, 9.17) is 21.4 Å². The molecule has 0 spiro atoms. The fourth-order valence-electron chi connectivity index (χ4n) is 1.63. The van der Waals surface area contributed by atoms with Crippen LogP contribution in [0.1, 0.15) is 18.9 Å². The van der Waals surface area contributed by atoms with Gasteiger partial charge in [-0.2, -0.15) is 0 Å². The summed E-state index contributed by atoms with van der Waals surface area (Å²) in [6.07, 6.45) is 0.694. The molecule has 0 heterocycles. The summed E-state index contributed by atoms with van der Waals surface area (Å²) < 4.78 is 6.63. The summed E-state index contributed by atoms with van der Waals surface area (Å²) in [4.78, 5) is 0. The molecule has 18 heavy (non-hydrogen) atoms. The Morgan fingerprint density at radius 2 is 2.22 bits per heavy atom. The largest absolute Gasteiger partial charge is 0.492 e. The minimum atomic E-state index is -0.251. The summed E-state index contributed by atoms with van der Waals surface area (Å²) in [5, 5.41) is 11.9. The summed E-state index contributed by atoms with van der Waals surface area (Å²) in [5.41, 5.74) is 1.03. The van der Waals surface area contributed by atoms with Gasteiger partial charge in [-0.3, -0.25) is 0 Å². The van der Waals surface area contributed by atoms with Gasteiger partial charge in [-0.15, -0.1) is 0 Å². The third-order valence-electron chi connectivity index (χ3n) is 2.50. The van der Waals surface area contributed by atoms with Crippen molar-refractivity contribution in [2.24, 2.45) is 0 Å². The molecule has 0 amide bonds. The third kappa shape index (κ3) is 5.57. The second-order valence-electron chi connectivity index (χ2n) is 4.40. The smallest absolute Gasteiger partial charge is 0.136 e. The quantitative estimate of drug-likeness (QED) is 0.749. The zero-order valence-electron chi connectivity index (χ0n) is 10.7. The fourth-order valence-corrected chi connectivity index (χ4v) is 2.71. The average molecular weight is 338 g/mol. The molecule has 0 aliphatic rings. The van der Waals surface area contributed by atoms with Crippen molar-refractivity contribution in [2.75, 3.05) is 19.7 Å². The van der Waals surface area contributed by atoms with Gasteiger partial charge < -0.3 is 15.2 Å². The first-order valence-corrected chi connectivity index (χ1v) is 7.26. The van der Waals surface area contributed by atoms with Crippen LogP contribution in [0.2, 0.25) is 5.02 Å². The Balaban J connectivity index is 2.31. The average Bonchev–Trinajstić information content (AvgIpc) is 2.25. The summed E-state index contributed by atoms with van der Waals surface area (Å²) in [7, 11) is 0. The van der Waals surface area contributed by atoms with E-state index in [1.54, 1.807) is 6.92 Å². The van der Waals surface area contributed by atoms with Crippen molar-refractivity contribution in [3.05, 3.63) is 27.2 Å². The van der Waals surface area contributed by atoms with Gasteiger partial charge in [-0.1, -0.05) is 11.6 Å². The van der Waals surface area contributed by atoms with Gasteiger partial charge in [-0.05, 0) is 47.5 Å². The van der Waals surface area contributed by atoms with Gasteiger partial charge in [-0.25, -0.2) is 0 Å². The fraction of sp³-hybridized carbons (Fsp3) is 0.538. The van der Waals surface area contributed by atoms with Gasteiger partial charge in [0.2, 0.25) is 0 Å². The molecule has 3 nitrogen and oxygen atoms in total. The Kier molecular flexibility index (Phi) is 7.00. The van der Waals surface area contributed by atoms with Crippen LogP contribution < -0.4 is 10.1 Å². The number of nitrogens with two attached hydrogens (primary N) is 1. The molecule has 0 fully saturated rings. The maximum Gasteiger partial charge on any atom is 0.136 e. The van der Waals surface area contributed by atoms with Gasteiger partial charge in [0.1, 0.15) is 12.3 Å². The summed E-state index contributed by atoms with van der Waals surface area (Å²) >= 11 is 9.39. The molecule has 1 rings (SSSR count). The first kappa shape index (κ1) is 15.8. The normalized spacial score (nSPS) is 12.5. The number of ether oxygens (including phenoxy) is 1. The molecule has 0 aliphatic carbocycles. The number of halogens is 2. The minimum Gasteiger partial charge on any atom is -0.492 e. The molecule has 0 aromatic heterocycles. The lowest BCUT2D eigenvalue weighted by molar-refractivity contribution is -0.660. The van der Waals surface area contributed by atoms with E-state index in [0.717, 1.165) is 35.3 Å². The highest BCUT2D eigenvalue weighted by Gasteiger charge is 2.07. The van der Waals surface area contributed by atoms with Crippen molar-refractivity contribution in [1.82, 2.24) is 0 Å². The van der Waals surface area contributed by atoms with E-state index in [-0.39, 0.29) is 6.10 Å². The highest BCUT2D eigenvalue weighted by Crippen LogP contribution is 2.32. The molecule has 3 N–H and O–H groups in total. The second kappa shape index (κ2) is 8.00. The zero-order chi connectivity index (χ0) is 13.5. The van der Waals surface area contributed by atoms with E-state index >= 15 is 0 Å². The topological polar surface area (TPSA) is 46.1 Å². The third-order valence-corrected chi connectivity index (χ3v) is 3.31. The molecule has 0 aliphatic heterocycles. The molecule has 5 heteroatoms. The van der Waals surface area contributed by atoms with Crippen LogP contribution in [0.15, 0.2) is 16.6 Å². The molecule has 0 saturated carbocycles. The molecule has 1 aromatic carbocycles. The molecule has 0 unspecified atom stereocenters. The molecule has 0 radical (unpaired) electrons. The number of aryl methyl sites for hydroxylation is 1. The molecule has 0 saturated heterocycles. The Labute approximate surface area is 122 Å². The summed E-state index contributed by atoms with van der Waals surface area (Å²) in [5.74, 6) is 0.856. The predicted octanol–water partition coefficient (Wildman–Crippen LogP) is 2.12.